The summed E-state index contributed by atoms with van der Waals surface area (Å²) in [7, 11) is 0. The zero-order valence-electron chi connectivity index (χ0n) is 27.2. The van der Waals surface area contributed by atoms with Crippen molar-refractivity contribution in [3.63, 3.8) is 0 Å². The number of carbonyl (C=O) groups is 1. The molecular weight excluding hydrogens is 797 g/mol. The molecule has 0 aliphatic heterocycles. The Hall–Kier alpha value is -2.83. The first-order chi connectivity index (χ1) is 21.3. The normalized spacial score (nSPS) is 13.0. The van der Waals surface area contributed by atoms with E-state index in [9.17, 15) is 23.1 Å². The number of allylic oxidation sites excluding steroid dienone is 2. The van der Waals surface area contributed by atoms with Crippen molar-refractivity contribution in [1.29, 1.82) is 0 Å². The molecule has 1 radical (unpaired) electrons. The fourth-order valence-electron chi connectivity index (χ4n) is 4.96. The van der Waals surface area contributed by atoms with Gasteiger partial charge in [0.05, 0.1) is 5.76 Å². The fraction of sp³-hybridized carbons (Fsp3) is 0.324. The van der Waals surface area contributed by atoms with Crippen molar-refractivity contribution in [2.24, 2.45) is 11.8 Å². The van der Waals surface area contributed by atoms with E-state index in [1.54, 1.807) is 0 Å². The maximum Gasteiger partial charge on any atom is 0 e. The van der Waals surface area contributed by atoms with Crippen molar-refractivity contribution < 1.29 is 47.3 Å². The summed E-state index contributed by atoms with van der Waals surface area (Å²) in [5, 5.41) is 10.8. The Bertz CT molecular complexity index is 1850. The second-order valence-corrected chi connectivity index (χ2v) is 12.2. The van der Waals surface area contributed by atoms with E-state index in [0.717, 1.165) is 41.4 Å². The van der Waals surface area contributed by atoms with E-state index < -0.39 is 18.0 Å². The van der Waals surface area contributed by atoms with E-state index in [4.69, 9.17) is 4.11 Å². The molecular formula is C34H34F3IrN2O2Se-. The predicted octanol–water partition coefficient (Wildman–Crippen LogP) is 9.35. The van der Waals surface area contributed by atoms with Gasteiger partial charge >= 0.3 is 162 Å². The van der Waals surface area contributed by atoms with Crippen LogP contribution in [0.3, 0.4) is 0 Å². The molecule has 0 amide bonds. The van der Waals surface area contributed by atoms with Gasteiger partial charge in [0.25, 0.3) is 0 Å². The number of nitrogens with zero attached hydrogens (tertiary/aromatic N) is 2. The number of ketones is 1. The Morgan fingerprint density at radius 1 is 1.00 bits per heavy atom. The number of carbonyl (C=O) groups excluding carboxylic acids is 1. The Kier molecular flexibility index (Phi) is 10.7. The summed E-state index contributed by atoms with van der Waals surface area (Å²) in [5.74, 6) is 0.547. The molecule has 0 aliphatic rings. The third-order valence-electron chi connectivity index (χ3n) is 7.41. The van der Waals surface area contributed by atoms with Gasteiger partial charge in [-0.05, 0) is 25.7 Å². The van der Waals surface area contributed by atoms with Crippen molar-refractivity contribution >= 4 is 51.6 Å². The van der Waals surface area contributed by atoms with Gasteiger partial charge in [0, 0.05) is 38.0 Å². The molecule has 0 saturated carbocycles. The fourth-order valence-corrected chi connectivity index (χ4v) is 7.08. The van der Waals surface area contributed by atoms with Crippen LogP contribution in [-0.2, 0) is 31.1 Å². The summed E-state index contributed by atoms with van der Waals surface area (Å²) in [6, 6.07) is 14.1. The maximum atomic E-state index is 14.1. The Morgan fingerprint density at radius 3 is 2.28 bits per heavy atom. The topological polar surface area (TPSA) is 63.1 Å². The molecule has 229 valence electrons. The maximum absolute atomic E-state index is 14.1. The molecule has 3 aromatic carbocycles. The van der Waals surface area contributed by atoms with Crippen molar-refractivity contribution in [1.82, 2.24) is 9.97 Å². The van der Waals surface area contributed by atoms with Gasteiger partial charge in [-0.2, -0.15) is 0 Å². The zero-order chi connectivity index (χ0) is 33.1. The summed E-state index contributed by atoms with van der Waals surface area (Å²) < 4.78 is 67.5. The van der Waals surface area contributed by atoms with Crippen LogP contribution in [0.1, 0.15) is 63.1 Å². The number of alkyl halides is 3. The van der Waals surface area contributed by atoms with E-state index in [-0.39, 0.29) is 97.4 Å². The van der Waals surface area contributed by atoms with E-state index in [2.05, 4.69) is 16.0 Å². The van der Waals surface area contributed by atoms with Crippen LogP contribution < -0.4 is 0 Å². The molecule has 0 fully saturated rings. The summed E-state index contributed by atoms with van der Waals surface area (Å²) >= 11 is -0.219. The zero-order valence-corrected chi connectivity index (χ0v) is 28.3. The number of aromatic nitrogens is 2. The molecule has 5 aromatic rings. The minimum Gasteiger partial charge on any atom is 0 e. The van der Waals surface area contributed by atoms with Crippen molar-refractivity contribution in [2.45, 2.75) is 59.6 Å². The minimum atomic E-state index is -4.76. The van der Waals surface area contributed by atoms with E-state index in [1.165, 1.54) is 18.2 Å². The van der Waals surface area contributed by atoms with Gasteiger partial charge < -0.3 is 5.11 Å². The van der Waals surface area contributed by atoms with Gasteiger partial charge in [0.15, 0.2) is 5.78 Å². The van der Waals surface area contributed by atoms with Crippen LogP contribution in [0.4, 0.5) is 13.2 Å². The first-order valence-electron chi connectivity index (χ1n) is 15.5. The molecule has 5 rings (SSSR count). The molecule has 1 N–H and O–H groups in total. The van der Waals surface area contributed by atoms with E-state index >= 15 is 0 Å². The number of hydrogen-bond donors (Lipinski definition) is 1. The van der Waals surface area contributed by atoms with Crippen molar-refractivity contribution in [2.75, 3.05) is 0 Å². The number of fused-ring (bicyclic) bond motifs is 3. The molecule has 0 saturated heterocycles. The number of benzene rings is 3. The van der Waals surface area contributed by atoms with Gasteiger partial charge in [-0.25, -0.2) is 0 Å². The third kappa shape index (κ3) is 7.82. The van der Waals surface area contributed by atoms with Crippen LogP contribution in [0.5, 0.6) is 0 Å². The Labute approximate surface area is 273 Å². The average Bonchev–Trinajstić information content (AvgIpc) is 3.42. The van der Waals surface area contributed by atoms with Gasteiger partial charge in [-0.3, -0.25) is 4.79 Å². The largest absolute Gasteiger partial charge is 0 e. The molecule has 4 nitrogen and oxygen atoms in total. The smallest absolute Gasteiger partial charge is 0 e. The summed E-state index contributed by atoms with van der Waals surface area (Å²) in [4.78, 5) is 19.7. The summed E-state index contributed by atoms with van der Waals surface area (Å²) in [6.07, 6.45) is -0.358. The van der Waals surface area contributed by atoms with E-state index in [1.807, 2.05) is 52.0 Å². The van der Waals surface area contributed by atoms with Gasteiger partial charge in [-0.15, -0.1) is 0 Å². The first-order valence-corrected chi connectivity index (χ1v) is 15.7. The quantitative estimate of drug-likeness (QED) is 0.0557. The van der Waals surface area contributed by atoms with Crippen LogP contribution in [0.2, 0.25) is 0 Å². The van der Waals surface area contributed by atoms with Crippen LogP contribution in [0, 0.1) is 17.9 Å². The van der Waals surface area contributed by atoms with Crippen LogP contribution in [0.25, 0.3) is 41.5 Å². The van der Waals surface area contributed by atoms with Crippen molar-refractivity contribution in [3.8, 4) is 10.1 Å². The van der Waals surface area contributed by atoms with Crippen LogP contribution >= 0.6 is 0 Å². The monoisotopic (exact) mass is 835 g/mol. The van der Waals surface area contributed by atoms with Crippen molar-refractivity contribution in [3.05, 3.63) is 84.3 Å². The summed E-state index contributed by atoms with van der Waals surface area (Å²) in [5.41, 5.74) is -1.12. The van der Waals surface area contributed by atoms with Crippen LogP contribution in [0.15, 0.2) is 72.7 Å². The molecule has 0 bridgehead atoms. The average molecular weight is 834 g/mol. The Balaban J connectivity index is 0.000000309. The second-order valence-electron chi connectivity index (χ2n) is 9.95. The summed E-state index contributed by atoms with van der Waals surface area (Å²) in [6.45, 7) is 8.07. The first kappa shape index (κ1) is 30.2. The van der Waals surface area contributed by atoms with Gasteiger partial charge in [0.2, 0.25) is 0 Å². The van der Waals surface area contributed by atoms with Gasteiger partial charge in [0.1, 0.15) is 0 Å². The Morgan fingerprint density at radius 2 is 1.65 bits per heavy atom. The molecule has 9 heteroatoms. The number of halogens is 3. The SMILES string of the molecule is CCC(CC)C(=O)/C=C(\O)C(CC)CC.[2H]c1nc(-c2[c-]c3ccccc3[se]2)c2cc3cc([2H])c([2H])cc3c(C(F)(F)F)c2n1.[Ir]. The molecule has 0 aliphatic carbocycles. The molecule has 2 aromatic heterocycles. The third-order valence-corrected chi connectivity index (χ3v) is 9.66. The predicted molar refractivity (Wildman–Crippen MR) is 165 cm³/mol. The standard InChI is InChI=1S/C21H10F3N2Se.C13H24O2.Ir/c22-21(23,24)18-14-7-3-1-5-12(14)9-15-19(25-11-26-20(15)18)17-10-13-6-2-4-8-16(13)27-17;1-5-10(6-2)12(14)9-13(15)11(7-3)8-4;/h1-9,11H;9-11,14H,5-8H2,1-4H3;/q-1;;/b;12-9-;/i1D,3D,11D;;. The second kappa shape index (κ2) is 15.3. The number of hydrogen-bond acceptors (Lipinski definition) is 4. The van der Waals surface area contributed by atoms with E-state index in [0.29, 0.717) is 4.44 Å². The number of rotatable bonds is 8. The van der Waals surface area contributed by atoms with Gasteiger partial charge in [-0.1, -0.05) is 27.7 Å². The molecule has 2 heterocycles. The number of aliphatic hydroxyl groups excluding tert-OH is 1. The van der Waals surface area contributed by atoms with Crippen LogP contribution in [-0.4, -0.2) is 35.4 Å². The minimum absolute atomic E-state index is 0. The molecule has 0 unspecified atom stereocenters. The molecule has 0 atom stereocenters. The molecule has 0 spiro atoms. The molecule has 43 heavy (non-hydrogen) atoms. The number of aliphatic hydroxyl groups is 1.